The van der Waals surface area contributed by atoms with E-state index < -0.39 is 113 Å². The standard InChI is InChI=1S/C24H32O3.C17H24O4.C16H19NO4.C16H22O4.2C15H19ClO4.C15H19NO2/c1-5-18(2)19-9-13-22(14-10-19)27-24(3,4)20-11-15-21(16-12-20)26-23-8-6-7-17-25-23;1-5-13(3)16(19)21-17(4,12-15(18)20-6-2)14-10-8-7-9-11-14;1-5-16(4,10-17)14(20)21-15(2,3)12-8-6-11(7-9-12)13(18)19;1-5-15(2,3)14(19)20-16(4,11-13(17)18)12-9-7-6-8-10-12;1-5-15(4,16)13(19)20-14(2,3)11-8-6-10(7-9-11)12(17)18;1-4-14(2,16)13(19)20-15(3,10-12(17)18)11-8-6-5-7-9-11;1-5-15(4,11-16)13(17)18-14(2,3)12-9-7-6-8-10-12/h9-16,18,23H,5-8,17H2,1-4H3;7-11,13H,5-6,12H2,1-4H3;6-9H,5H2,1-4H3,(H,18,19);6-10H,5,11H2,1-4H3,(H,17,18);6-9H,5H2,1-4H3,(H,17,18);5-9H,4,10H2,1-3H3,(H,17,18);6-10H,5H2,1-4H3. The van der Waals surface area contributed by atoms with Crippen molar-refractivity contribution in [1.82, 2.24) is 0 Å². The van der Waals surface area contributed by atoms with Crippen molar-refractivity contribution in [3.05, 3.63) is 274 Å². The number of esters is 7. The molecule has 4 N–H and O–H groups in total. The van der Waals surface area contributed by atoms with Gasteiger partial charge in [-0.2, -0.15) is 10.5 Å². The van der Waals surface area contributed by atoms with Gasteiger partial charge < -0.3 is 67.8 Å². The van der Waals surface area contributed by atoms with Gasteiger partial charge in [0.2, 0.25) is 0 Å². The number of carboxylic acids is 4. The maximum absolute atomic E-state index is 12.3. The van der Waals surface area contributed by atoms with E-state index in [0.717, 1.165) is 54.1 Å². The second-order valence-corrected chi connectivity index (χ2v) is 41.8. The number of carboxylic acid groups (broad SMARTS) is 4. The van der Waals surface area contributed by atoms with E-state index in [1.54, 1.807) is 190 Å². The molecule has 0 spiro atoms. The fourth-order valence-electron chi connectivity index (χ4n) is 13.6. The summed E-state index contributed by atoms with van der Waals surface area (Å²) in [7, 11) is 0. The summed E-state index contributed by atoms with van der Waals surface area (Å²) < 4.78 is 55.9. The Bertz CT molecular complexity index is 5530. The Labute approximate surface area is 879 Å². The Kier molecular flexibility index (Phi) is 50.6. The number of benzene rings is 8. The van der Waals surface area contributed by atoms with Gasteiger partial charge >= 0.3 is 65.7 Å². The number of carbonyl (C=O) groups excluding carboxylic acids is 7. The van der Waals surface area contributed by atoms with E-state index in [4.69, 9.17) is 102 Å². The van der Waals surface area contributed by atoms with Crippen molar-refractivity contribution in [2.24, 2.45) is 22.2 Å². The molecule has 0 aromatic heterocycles. The molecule has 0 bridgehead atoms. The molecule has 10 atom stereocenters. The van der Waals surface area contributed by atoms with E-state index >= 15 is 0 Å². The van der Waals surface area contributed by atoms with Gasteiger partial charge in [0.05, 0.1) is 67.1 Å². The quantitative estimate of drug-likeness (QED) is 0.0157. The molecule has 800 valence electrons. The maximum atomic E-state index is 12.3. The minimum absolute atomic E-state index is 0.00697. The van der Waals surface area contributed by atoms with Crippen molar-refractivity contribution in [3.8, 4) is 23.6 Å². The van der Waals surface area contributed by atoms with Gasteiger partial charge in [-0.15, -0.1) is 23.2 Å². The Morgan fingerprint density at radius 1 is 0.374 bits per heavy atom. The van der Waals surface area contributed by atoms with Crippen LogP contribution in [0.4, 0.5) is 0 Å². The van der Waals surface area contributed by atoms with E-state index in [2.05, 4.69) is 64.1 Å². The number of halogens is 2. The summed E-state index contributed by atoms with van der Waals surface area (Å²) in [6.45, 7) is 49.7. The highest BCUT2D eigenvalue weighted by Crippen LogP contribution is 2.41. The highest BCUT2D eigenvalue weighted by molar-refractivity contribution is 6.34. The molecule has 0 radical (unpaired) electrons. The monoisotopic (exact) mass is 2070 g/mol. The Balaban J connectivity index is 0.000000442. The molecule has 0 aliphatic carbocycles. The molecule has 1 aliphatic rings. The molecule has 8 aromatic rings. The second-order valence-electron chi connectivity index (χ2n) is 40.1. The molecule has 0 amide bonds. The third-order valence-electron chi connectivity index (χ3n) is 25.9. The van der Waals surface area contributed by atoms with Crippen molar-refractivity contribution < 1.29 is 121 Å². The lowest BCUT2D eigenvalue weighted by Gasteiger charge is -2.32. The van der Waals surface area contributed by atoms with Crippen LogP contribution in [0.25, 0.3) is 0 Å². The molecule has 147 heavy (non-hydrogen) atoms. The molecule has 9 rings (SSSR count). The van der Waals surface area contributed by atoms with Crippen molar-refractivity contribution >= 4 is 88.9 Å². The van der Waals surface area contributed by atoms with Crippen LogP contribution in [0.2, 0.25) is 0 Å². The number of hydrogen-bond donors (Lipinski definition) is 4. The highest BCUT2D eigenvalue weighted by atomic mass is 35.5. The predicted molar refractivity (Wildman–Crippen MR) is 566 cm³/mol. The molecule has 0 saturated carbocycles. The van der Waals surface area contributed by atoms with E-state index in [9.17, 15) is 52.7 Å². The molecular formula is C118H154Cl2N2O25. The van der Waals surface area contributed by atoms with Crippen LogP contribution in [0, 0.1) is 44.8 Å². The van der Waals surface area contributed by atoms with Crippen LogP contribution in [-0.4, -0.2) is 115 Å². The van der Waals surface area contributed by atoms with Gasteiger partial charge in [0.15, 0.2) is 17.1 Å². The molecule has 10 unspecified atom stereocenters. The smallest absolute Gasteiger partial charge is 0.335 e. The first kappa shape index (κ1) is 128. The van der Waals surface area contributed by atoms with Gasteiger partial charge in [0.1, 0.15) is 60.5 Å². The lowest BCUT2D eigenvalue weighted by atomic mass is 9.88. The minimum atomic E-state index is -1.24. The molecule has 1 fully saturated rings. The van der Waals surface area contributed by atoms with E-state index in [-0.39, 0.29) is 60.5 Å². The second kappa shape index (κ2) is 58.0. The Hall–Kier alpha value is -13.0. The number of ether oxygens (including phenoxy) is 10. The molecule has 29 heteroatoms. The van der Waals surface area contributed by atoms with Crippen LogP contribution in [-0.2, 0) is 120 Å². The van der Waals surface area contributed by atoms with Crippen LogP contribution in [0.3, 0.4) is 0 Å². The van der Waals surface area contributed by atoms with Gasteiger partial charge in [-0.3, -0.25) is 43.2 Å². The molecule has 1 saturated heterocycles. The third kappa shape index (κ3) is 40.7. The first-order valence-corrected chi connectivity index (χ1v) is 50.5. The summed E-state index contributed by atoms with van der Waals surface area (Å²) in [5, 5.41) is 54.1. The first-order valence-electron chi connectivity index (χ1n) is 49.7. The summed E-state index contributed by atoms with van der Waals surface area (Å²) in [6.07, 6.45) is 6.69. The summed E-state index contributed by atoms with van der Waals surface area (Å²) in [6, 6.07) is 69.6. The predicted octanol–water partition coefficient (Wildman–Crippen LogP) is 26.6. The molecule has 27 nitrogen and oxygen atoms in total. The van der Waals surface area contributed by atoms with Crippen LogP contribution in [0.5, 0.6) is 11.5 Å². The normalized spacial score (nSPS) is 15.5. The largest absolute Gasteiger partial charge is 0.483 e. The zero-order valence-electron chi connectivity index (χ0n) is 90.6. The van der Waals surface area contributed by atoms with Gasteiger partial charge in [-0.05, 0) is 281 Å². The van der Waals surface area contributed by atoms with E-state index in [0.29, 0.717) is 73.3 Å². The number of aliphatic carboxylic acids is 2. The molecule has 8 aromatic carbocycles. The van der Waals surface area contributed by atoms with E-state index in [1.807, 2.05) is 139 Å². The summed E-state index contributed by atoms with van der Waals surface area (Å²) in [5.41, 5.74) is -2.06. The van der Waals surface area contributed by atoms with Crippen molar-refractivity contribution in [2.45, 2.75) is 332 Å². The Morgan fingerprint density at radius 3 is 1.03 bits per heavy atom. The van der Waals surface area contributed by atoms with Crippen LogP contribution < -0.4 is 9.47 Å². The number of carbonyl (C=O) groups is 11. The topological polar surface area (TPSA) is 409 Å². The minimum Gasteiger partial charge on any atom is -0.483 e. The van der Waals surface area contributed by atoms with Crippen molar-refractivity contribution in [3.63, 3.8) is 0 Å². The average Bonchev–Trinajstić information content (AvgIpc) is 0.460. The molecule has 1 heterocycles. The van der Waals surface area contributed by atoms with Crippen molar-refractivity contribution in [1.29, 1.82) is 10.5 Å². The maximum Gasteiger partial charge on any atom is 0.335 e. The van der Waals surface area contributed by atoms with Crippen molar-refractivity contribution in [2.75, 3.05) is 13.2 Å². The number of nitrogens with zero attached hydrogens (tertiary/aromatic N) is 2. The van der Waals surface area contributed by atoms with Gasteiger partial charge in [-0.1, -0.05) is 232 Å². The number of nitriles is 2. The van der Waals surface area contributed by atoms with Gasteiger partial charge in [0, 0.05) is 6.42 Å². The van der Waals surface area contributed by atoms with Crippen LogP contribution in [0.15, 0.2) is 218 Å². The lowest BCUT2D eigenvalue weighted by Crippen LogP contribution is -2.39. The lowest BCUT2D eigenvalue weighted by molar-refractivity contribution is -0.174. The number of hydrogen-bond acceptors (Lipinski definition) is 23. The summed E-state index contributed by atoms with van der Waals surface area (Å²) >= 11 is 12.2. The fourth-order valence-corrected chi connectivity index (χ4v) is 13.6. The molecule has 1 aliphatic heterocycles. The SMILES string of the molecule is CCC(C)(C#N)C(=O)OC(C)(C)c1ccc(C(=O)O)cc1.CCC(C)(C#N)C(=O)OC(C)(C)c1ccccc1.CCC(C)(C)C(=O)OC(C)(CC(=O)O)c1ccccc1.CCC(C)(Cl)C(=O)OC(C)(C)c1ccc(C(=O)O)cc1.CCC(C)(Cl)C(=O)OC(C)(CC(=O)O)c1ccccc1.CCC(C)c1ccc(OC(C)(C)c2ccc(OC3CCCCO3)cc2)cc1.CCOC(=O)CC(C)(OC(=O)C(C)CC)c1ccccc1. The van der Waals surface area contributed by atoms with E-state index in [1.165, 1.54) is 36.2 Å². The zero-order chi connectivity index (χ0) is 112. The van der Waals surface area contributed by atoms with Crippen LogP contribution in [0.1, 0.15) is 342 Å². The molecular weight excluding hydrogens is 1920 g/mol. The number of rotatable bonds is 40. The average molecular weight is 2070 g/mol. The summed E-state index contributed by atoms with van der Waals surface area (Å²) in [5.74, 6) is -5.16. The number of alkyl halides is 2. The van der Waals surface area contributed by atoms with Crippen LogP contribution >= 0.6 is 23.2 Å². The number of aromatic carboxylic acids is 2. The third-order valence-corrected chi connectivity index (χ3v) is 26.7. The first-order chi connectivity index (χ1) is 68.4. The fraction of sp³-hybridized carbons (Fsp3) is 0.483. The van der Waals surface area contributed by atoms with Gasteiger partial charge in [-0.25, -0.2) is 9.59 Å². The highest BCUT2D eigenvalue weighted by Gasteiger charge is 2.45. The van der Waals surface area contributed by atoms with Gasteiger partial charge in [0.25, 0.3) is 0 Å². The summed E-state index contributed by atoms with van der Waals surface area (Å²) in [4.78, 5) is 126. The Morgan fingerprint density at radius 2 is 0.707 bits per heavy atom. The zero-order valence-corrected chi connectivity index (χ0v) is 92.1.